The Hall–Kier alpha value is -3.05. The molecule has 5 rings (SSSR count). The summed E-state index contributed by atoms with van der Waals surface area (Å²) < 4.78 is 31.2. The molecule has 3 heterocycles. The average molecular weight is 547 g/mol. The first-order valence-corrected chi connectivity index (χ1v) is 13.5. The van der Waals surface area contributed by atoms with Gasteiger partial charge in [0, 0.05) is 35.6 Å². The molecule has 1 saturated heterocycles. The van der Waals surface area contributed by atoms with E-state index in [1.54, 1.807) is 6.20 Å². The number of rotatable bonds is 7. The summed E-state index contributed by atoms with van der Waals surface area (Å²) in [7, 11) is 0. The van der Waals surface area contributed by atoms with Crippen molar-refractivity contribution in [2.75, 3.05) is 23.7 Å². The van der Waals surface area contributed by atoms with Gasteiger partial charge >= 0.3 is 0 Å². The van der Waals surface area contributed by atoms with Crippen LogP contribution in [0.3, 0.4) is 0 Å². The number of benzene rings is 1. The number of hydrogen-bond acceptors (Lipinski definition) is 7. The highest BCUT2D eigenvalue weighted by atomic mass is 35.5. The van der Waals surface area contributed by atoms with Gasteiger partial charge in [0.25, 0.3) is 0 Å². The smallest absolute Gasteiger partial charge is 0.225 e. The fourth-order valence-electron chi connectivity index (χ4n) is 5.56. The van der Waals surface area contributed by atoms with Gasteiger partial charge in [-0.1, -0.05) is 11.6 Å². The maximum atomic E-state index is 14.7. The van der Waals surface area contributed by atoms with E-state index in [1.165, 1.54) is 0 Å². The summed E-state index contributed by atoms with van der Waals surface area (Å²) in [4.78, 5) is 28.1. The minimum absolute atomic E-state index is 0.0378. The number of nitrogens with one attached hydrogen (secondary N) is 2. The van der Waals surface area contributed by atoms with Crippen molar-refractivity contribution in [3.63, 3.8) is 0 Å². The Morgan fingerprint density at radius 1 is 1.13 bits per heavy atom. The van der Waals surface area contributed by atoms with Crippen LogP contribution in [0.5, 0.6) is 0 Å². The molecule has 0 spiro atoms. The number of imidazole rings is 1. The summed E-state index contributed by atoms with van der Waals surface area (Å²) >= 11 is 5.81. The summed E-state index contributed by atoms with van der Waals surface area (Å²) in [6.07, 6.45) is 6.27. The minimum Gasteiger partial charge on any atom is -0.369 e. The quantitative estimate of drug-likeness (QED) is 0.382. The van der Waals surface area contributed by atoms with Crippen LogP contribution in [0.2, 0.25) is 5.02 Å². The van der Waals surface area contributed by atoms with Gasteiger partial charge in [-0.15, -0.1) is 0 Å². The fraction of sp³-hybridized carbons (Fsp3) is 0.538. The van der Waals surface area contributed by atoms with Gasteiger partial charge in [0.1, 0.15) is 11.2 Å². The van der Waals surface area contributed by atoms with Crippen molar-refractivity contribution < 1.29 is 13.6 Å². The molecule has 2 aromatic heterocycles. The number of nitrogens with zero attached hydrogens (tertiary/aromatic N) is 5. The summed E-state index contributed by atoms with van der Waals surface area (Å²) in [5, 5.41) is 6.27. The van der Waals surface area contributed by atoms with Crippen molar-refractivity contribution in [3.8, 4) is 0 Å². The number of hydrogen-bond donors (Lipinski definition) is 3. The lowest BCUT2D eigenvalue weighted by Crippen LogP contribution is -2.45. The van der Waals surface area contributed by atoms with E-state index < -0.39 is 11.6 Å². The lowest BCUT2D eigenvalue weighted by Gasteiger charge is -2.35. The number of primary amides is 1. The molecule has 12 heteroatoms. The monoisotopic (exact) mass is 546 g/mol. The van der Waals surface area contributed by atoms with Crippen LogP contribution >= 0.6 is 11.6 Å². The van der Waals surface area contributed by atoms with E-state index in [-0.39, 0.29) is 40.6 Å². The van der Waals surface area contributed by atoms with Gasteiger partial charge in [0.15, 0.2) is 17.3 Å². The van der Waals surface area contributed by atoms with E-state index in [9.17, 15) is 13.6 Å². The van der Waals surface area contributed by atoms with Crippen molar-refractivity contribution in [2.45, 2.75) is 70.5 Å². The van der Waals surface area contributed by atoms with Crippen molar-refractivity contribution in [2.24, 2.45) is 11.7 Å². The molecule has 1 aliphatic heterocycles. The number of fused-ring (bicyclic) bond motifs is 1. The summed E-state index contributed by atoms with van der Waals surface area (Å²) in [6, 6.07) is 2.67. The molecule has 0 radical (unpaired) electrons. The van der Waals surface area contributed by atoms with E-state index >= 15 is 0 Å². The van der Waals surface area contributed by atoms with Gasteiger partial charge < -0.3 is 16.4 Å². The number of carbonyl (C=O) groups is 1. The Morgan fingerprint density at radius 2 is 1.84 bits per heavy atom. The van der Waals surface area contributed by atoms with E-state index in [2.05, 4.69) is 39.3 Å². The molecule has 204 valence electrons. The number of carbonyl (C=O) groups excluding carboxylic acids is 1. The highest BCUT2D eigenvalue weighted by molar-refractivity contribution is 6.30. The first-order chi connectivity index (χ1) is 18.2. The molecular formula is C26H33ClF2N8O. The molecule has 1 aliphatic carbocycles. The number of nitrogens with two attached hydrogens (primary N) is 1. The van der Waals surface area contributed by atoms with Crippen LogP contribution in [0, 0.1) is 17.6 Å². The van der Waals surface area contributed by atoms with E-state index in [0.717, 1.165) is 38.1 Å². The fourth-order valence-corrected chi connectivity index (χ4v) is 5.75. The van der Waals surface area contributed by atoms with Crippen LogP contribution in [0.4, 0.5) is 26.4 Å². The zero-order valence-electron chi connectivity index (χ0n) is 21.6. The van der Waals surface area contributed by atoms with Crippen molar-refractivity contribution in [1.82, 2.24) is 24.4 Å². The predicted octanol–water partition coefficient (Wildman–Crippen LogP) is 5.00. The highest BCUT2D eigenvalue weighted by Crippen LogP contribution is 2.38. The van der Waals surface area contributed by atoms with Crippen LogP contribution in [-0.4, -0.2) is 55.5 Å². The Bertz CT molecular complexity index is 1300. The molecule has 1 atom stereocenters. The van der Waals surface area contributed by atoms with Crippen LogP contribution in [0.1, 0.15) is 58.4 Å². The predicted molar refractivity (Wildman–Crippen MR) is 144 cm³/mol. The summed E-state index contributed by atoms with van der Waals surface area (Å²) in [6.45, 7) is 6.36. The number of likely N-dealkylation sites (tertiary alicyclic amines) is 1. The molecule has 3 aromatic rings. The largest absolute Gasteiger partial charge is 0.369 e. The van der Waals surface area contributed by atoms with Crippen molar-refractivity contribution in [3.05, 3.63) is 35.0 Å². The average Bonchev–Trinajstić information content (AvgIpc) is 3.23. The van der Waals surface area contributed by atoms with Gasteiger partial charge in [-0.25, -0.2) is 18.7 Å². The number of aromatic nitrogens is 4. The molecular weight excluding hydrogens is 514 g/mol. The van der Waals surface area contributed by atoms with Gasteiger partial charge in [-0.05, 0) is 71.0 Å². The second-order valence-electron chi connectivity index (χ2n) is 10.6. The molecule has 1 aromatic carbocycles. The highest BCUT2D eigenvalue weighted by Gasteiger charge is 2.30. The van der Waals surface area contributed by atoms with Crippen LogP contribution in [-0.2, 0) is 4.79 Å². The third-order valence-electron chi connectivity index (χ3n) is 7.66. The summed E-state index contributed by atoms with van der Waals surface area (Å²) in [5.41, 5.74) is 6.24. The molecule has 0 unspecified atom stereocenters. The molecule has 0 bridgehead atoms. The Kier molecular flexibility index (Phi) is 7.67. The van der Waals surface area contributed by atoms with Gasteiger partial charge in [-0.3, -0.25) is 14.3 Å². The summed E-state index contributed by atoms with van der Waals surface area (Å²) in [5.74, 6) is -1.42. The maximum absolute atomic E-state index is 14.7. The van der Waals surface area contributed by atoms with Crippen molar-refractivity contribution in [1.29, 1.82) is 0 Å². The Morgan fingerprint density at radius 3 is 2.50 bits per heavy atom. The van der Waals surface area contributed by atoms with E-state index in [0.29, 0.717) is 48.8 Å². The zero-order valence-corrected chi connectivity index (χ0v) is 22.3. The SMILES string of the molecule is CC(C)N1CCC[C@@H](Nc2ncc3nc(Nc4c(F)cc(Cl)cc4F)n(C4CCC(C(N)=O)CC4)c3n2)C1. The van der Waals surface area contributed by atoms with E-state index in [1.807, 2.05) is 4.57 Å². The second-order valence-corrected chi connectivity index (χ2v) is 11.0. The normalized spacial score (nSPS) is 22.6. The lowest BCUT2D eigenvalue weighted by atomic mass is 9.85. The standard InChI is InChI=1S/C26H33ClF2N8O/c1-14(2)36-9-3-4-17(13-36)32-25-31-12-21-24(35-25)37(18-7-5-15(6-8-18)23(30)38)26(33-21)34-22-19(28)10-16(27)11-20(22)29/h10-12,14-15,17-18H,3-9,13H2,1-2H3,(H2,30,38)(H,33,34)(H,31,32,35)/t15?,17-,18?/m1/s1. The maximum Gasteiger partial charge on any atom is 0.225 e. The number of amides is 1. The van der Waals surface area contributed by atoms with Gasteiger partial charge in [-0.2, -0.15) is 4.98 Å². The third kappa shape index (κ3) is 5.54. The van der Waals surface area contributed by atoms with Crippen LogP contribution in [0.15, 0.2) is 18.3 Å². The van der Waals surface area contributed by atoms with Crippen LogP contribution < -0.4 is 16.4 Å². The lowest BCUT2D eigenvalue weighted by molar-refractivity contribution is -0.122. The van der Waals surface area contributed by atoms with Crippen LogP contribution in [0.25, 0.3) is 11.2 Å². The first-order valence-electron chi connectivity index (χ1n) is 13.2. The Balaban J connectivity index is 1.49. The molecule has 9 nitrogen and oxygen atoms in total. The van der Waals surface area contributed by atoms with Gasteiger partial charge in [0.05, 0.1) is 6.20 Å². The van der Waals surface area contributed by atoms with Crippen molar-refractivity contribution >= 4 is 46.3 Å². The number of piperidine rings is 1. The number of halogens is 3. The minimum atomic E-state index is -0.827. The molecule has 38 heavy (non-hydrogen) atoms. The zero-order chi connectivity index (χ0) is 27.0. The molecule has 4 N–H and O–H groups in total. The third-order valence-corrected chi connectivity index (χ3v) is 7.88. The molecule has 1 amide bonds. The first kappa shape index (κ1) is 26.6. The molecule has 1 saturated carbocycles. The van der Waals surface area contributed by atoms with Gasteiger partial charge in [0.2, 0.25) is 17.8 Å². The van der Waals surface area contributed by atoms with E-state index in [4.69, 9.17) is 22.3 Å². The Labute approximate surface area is 225 Å². The molecule has 2 aliphatic rings. The topological polar surface area (TPSA) is 114 Å². The number of anilines is 3. The molecule has 2 fully saturated rings. The second kappa shape index (κ2) is 11.0.